The predicted molar refractivity (Wildman–Crippen MR) is 149 cm³/mol. The maximum atomic E-state index is 4.82. The third-order valence-corrected chi connectivity index (χ3v) is 7.22. The van der Waals surface area contributed by atoms with Crippen molar-refractivity contribution in [3.05, 3.63) is 119 Å². The van der Waals surface area contributed by atoms with Crippen molar-refractivity contribution < 1.29 is 0 Å². The lowest BCUT2D eigenvalue weighted by Crippen LogP contribution is -1.90. The van der Waals surface area contributed by atoms with Gasteiger partial charge >= 0.3 is 0 Å². The fourth-order valence-corrected chi connectivity index (χ4v) is 5.13. The van der Waals surface area contributed by atoms with Gasteiger partial charge in [0.15, 0.2) is 0 Å². The zero-order valence-corrected chi connectivity index (χ0v) is 20.7. The van der Waals surface area contributed by atoms with E-state index in [9.17, 15) is 0 Å². The third kappa shape index (κ3) is 4.59. The van der Waals surface area contributed by atoms with E-state index in [4.69, 9.17) is 10.2 Å². The fourth-order valence-electron chi connectivity index (χ4n) is 3.82. The average Bonchev–Trinajstić information content (AvgIpc) is 3.74. The minimum Gasteiger partial charge on any atom is -0.230 e. The number of hydrogen-bond acceptors (Lipinski definition) is 6. The molecule has 6 nitrogen and oxygen atoms in total. The Balaban J connectivity index is 1.33. The van der Waals surface area contributed by atoms with Gasteiger partial charge < -0.3 is 0 Å². The van der Waals surface area contributed by atoms with Gasteiger partial charge in [-0.15, -0.1) is 22.7 Å². The van der Waals surface area contributed by atoms with Crippen molar-refractivity contribution in [3.63, 3.8) is 0 Å². The monoisotopic (exact) mass is 504 g/mol. The van der Waals surface area contributed by atoms with Crippen LogP contribution >= 0.6 is 22.7 Å². The van der Waals surface area contributed by atoms with Gasteiger partial charge in [0.05, 0.1) is 12.4 Å². The van der Waals surface area contributed by atoms with E-state index in [1.807, 2.05) is 117 Å². The highest BCUT2D eigenvalue weighted by atomic mass is 32.1. The van der Waals surface area contributed by atoms with Gasteiger partial charge in [-0.2, -0.15) is 20.4 Å². The van der Waals surface area contributed by atoms with E-state index in [1.54, 1.807) is 35.1 Å². The lowest BCUT2D eigenvalue weighted by Gasteiger charge is -1.98. The van der Waals surface area contributed by atoms with Crippen LogP contribution in [0.15, 0.2) is 118 Å². The molecular weight excluding hydrogens is 484 g/mol. The summed E-state index contributed by atoms with van der Waals surface area (Å²) in [7, 11) is 0. The lowest BCUT2D eigenvalue weighted by molar-refractivity contribution is 0.901. The molecule has 0 saturated carbocycles. The second kappa shape index (κ2) is 10.1. The number of thiophene rings is 2. The molecule has 174 valence electrons. The Morgan fingerprint density at radius 2 is 1.00 bits per heavy atom. The summed E-state index contributed by atoms with van der Waals surface area (Å²) in [4.78, 5) is 0. The summed E-state index contributed by atoms with van der Waals surface area (Å²) in [5.74, 6) is 0. The van der Waals surface area contributed by atoms with E-state index in [0.29, 0.717) is 0 Å². The largest absolute Gasteiger partial charge is 0.230 e. The van der Waals surface area contributed by atoms with Gasteiger partial charge in [0.25, 0.3) is 0 Å². The molecule has 0 atom stereocenters. The molecule has 0 aliphatic heterocycles. The zero-order chi connectivity index (χ0) is 24.2. The highest BCUT2D eigenvalue weighted by molar-refractivity contribution is 7.12. The van der Waals surface area contributed by atoms with Gasteiger partial charge in [-0.1, -0.05) is 60.7 Å². The molecule has 0 amide bonds. The van der Waals surface area contributed by atoms with Crippen LogP contribution in [-0.2, 0) is 0 Å². The molecule has 36 heavy (non-hydrogen) atoms. The van der Waals surface area contributed by atoms with E-state index in [0.717, 1.165) is 43.6 Å². The topological polar surface area (TPSA) is 60.4 Å². The van der Waals surface area contributed by atoms with Crippen molar-refractivity contribution in [2.75, 3.05) is 0 Å². The Kier molecular flexibility index (Phi) is 6.18. The molecule has 0 bridgehead atoms. The maximum Gasteiger partial charge on any atom is 0.117 e. The zero-order valence-electron chi connectivity index (χ0n) is 19.0. The van der Waals surface area contributed by atoms with Gasteiger partial charge in [-0.25, -0.2) is 9.36 Å². The van der Waals surface area contributed by atoms with E-state index in [2.05, 4.69) is 10.2 Å². The van der Waals surface area contributed by atoms with Crippen molar-refractivity contribution >= 4 is 35.1 Å². The molecule has 0 N–H and O–H groups in total. The molecule has 0 fully saturated rings. The highest BCUT2D eigenvalue weighted by Crippen LogP contribution is 2.25. The minimum absolute atomic E-state index is 0.860. The number of hydrogen-bond donors (Lipinski definition) is 0. The van der Waals surface area contributed by atoms with E-state index in [-0.39, 0.29) is 0 Å². The third-order valence-electron chi connectivity index (χ3n) is 5.50. The molecule has 0 aliphatic rings. The normalized spacial score (nSPS) is 11.7. The Labute approximate surface area is 216 Å². The van der Waals surface area contributed by atoms with Crippen LogP contribution in [0, 0.1) is 0 Å². The van der Waals surface area contributed by atoms with Crippen LogP contribution in [0.2, 0.25) is 0 Å². The Morgan fingerprint density at radius 3 is 1.39 bits per heavy atom. The number of aromatic nitrogens is 4. The number of nitrogens with zero attached hydrogens (tertiary/aromatic N) is 6. The molecule has 0 spiro atoms. The molecule has 4 heterocycles. The van der Waals surface area contributed by atoms with Crippen molar-refractivity contribution in [3.8, 4) is 32.5 Å². The van der Waals surface area contributed by atoms with E-state index in [1.165, 1.54) is 0 Å². The highest BCUT2D eigenvalue weighted by Gasteiger charge is 2.13. The summed E-state index contributed by atoms with van der Waals surface area (Å²) < 4.78 is 3.77. The summed E-state index contributed by atoms with van der Waals surface area (Å²) in [6, 6.07) is 28.3. The van der Waals surface area contributed by atoms with Gasteiger partial charge in [-0.3, -0.25) is 0 Å². The summed E-state index contributed by atoms with van der Waals surface area (Å²) in [5, 5.41) is 24.6. The molecule has 0 unspecified atom stereocenters. The van der Waals surface area contributed by atoms with Crippen molar-refractivity contribution in [2.24, 2.45) is 10.2 Å². The Morgan fingerprint density at radius 1 is 0.556 bits per heavy atom. The first-order valence-corrected chi connectivity index (χ1v) is 13.1. The van der Waals surface area contributed by atoms with Crippen LogP contribution in [0.5, 0.6) is 0 Å². The molecular formula is C28H20N6S2. The van der Waals surface area contributed by atoms with Crippen LogP contribution < -0.4 is 0 Å². The van der Waals surface area contributed by atoms with Gasteiger partial charge in [0.2, 0.25) is 0 Å². The van der Waals surface area contributed by atoms with Gasteiger partial charge in [0, 0.05) is 34.6 Å². The van der Waals surface area contributed by atoms with Crippen LogP contribution in [0.3, 0.4) is 0 Å². The SMILES string of the molecule is C(=N/N=C\c1cn(-c2cccs2)nc1-c1ccccc1)/c1cn(-c2cccs2)nc1-c1ccccc1. The van der Waals surface area contributed by atoms with E-state index < -0.39 is 0 Å². The van der Waals surface area contributed by atoms with Crippen molar-refractivity contribution in [1.82, 2.24) is 19.6 Å². The molecule has 8 heteroatoms. The van der Waals surface area contributed by atoms with E-state index >= 15 is 0 Å². The lowest BCUT2D eigenvalue weighted by atomic mass is 10.1. The minimum atomic E-state index is 0.860. The summed E-state index contributed by atoms with van der Waals surface area (Å²) >= 11 is 3.27. The fraction of sp³-hybridized carbons (Fsp3) is 0. The number of benzene rings is 2. The molecule has 0 saturated heterocycles. The molecule has 0 aliphatic carbocycles. The Bertz CT molecular complexity index is 1490. The summed E-state index contributed by atoms with van der Waals surface area (Å²) in [5.41, 5.74) is 5.56. The maximum absolute atomic E-state index is 4.82. The molecule has 0 radical (unpaired) electrons. The first kappa shape index (κ1) is 22.1. The second-order valence-electron chi connectivity index (χ2n) is 7.88. The molecule has 2 aromatic carbocycles. The van der Waals surface area contributed by atoms with Crippen LogP contribution in [0.25, 0.3) is 32.5 Å². The quantitative estimate of drug-likeness (QED) is 0.174. The van der Waals surface area contributed by atoms with Crippen LogP contribution in [-0.4, -0.2) is 32.0 Å². The van der Waals surface area contributed by atoms with Crippen molar-refractivity contribution in [1.29, 1.82) is 0 Å². The number of rotatable bonds is 7. The smallest absolute Gasteiger partial charge is 0.117 e. The summed E-state index contributed by atoms with van der Waals surface area (Å²) in [6.45, 7) is 0. The molecule has 6 aromatic rings. The van der Waals surface area contributed by atoms with Gasteiger partial charge in [-0.05, 0) is 35.0 Å². The second-order valence-corrected chi connectivity index (χ2v) is 9.73. The van der Waals surface area contributed by atoms with Crippen LogP contribution in [0.4, 0.5) is 0 Å². The predicted octanol–water partition coefficient (Wildman–Crippen LogP) is 6.97. The van der Waals surface area contributed by atoms with Crippen LogP contribution in [0.1, 0.15) is 11.1 Å². The van der Waals surface area contributed by atoms with Crippen molar-refractivity contribution in [2.45, 2.75) is 0 Å². The molecule has 4 aromatic heterocycles. The molecule has 6 rings (SSSR count). The first-order chi connectivity index (χ1) is 17.8. The standard InChI is InChI=1S/C28H20N6S2/c1-3-9-21(10-4-1)27-23(19-33(31-27)25-13-7-15-35-25)17-29-30-18-24-20-34(26-14-8-16-36-26)32-28(24)22-11-5-2-6-12-22/h1-20H/b29-17-,30-18-. The Hall–Kier alpha value is -4.40. The average molecular weight is 505 g/mol. The van der Waals surface area contributed by atoms with Gasteiger partial charge in [0.1, 0.15) is 21.4 Å². The first-order valence-electron chi connectivity index (χ1n) is 11.3. The summed E-state index contributed by atoms with van der Waals surface area (Å²) in [6.07, 6.45) is 7.47.